The van der Waals surface area contributed by atoms with E-state index in [1.807, 2.05) is 0 Å². The molecule has 0 amide bonds. The number of carbonyl (C=O) groups is 1. The Morgan fingerprint density at radius 3 is 2.07 bits per heavy atom. The van der Waals surface area contributed by atoms with Gasteiger partial charge in [0.05, 0.1) is 0 Å². The lowest BCUT2D eigenvalue weighted by Crippen LogP contribution is -2.25. The molecule has 0 aliphatic rings. The molecule has 0 spiro atoms. The second-order valence-corrected chi connectivity index (χ2v) is 9.73. The van der Waals surface area contributed by atoms with Crippen LogP contribution >= 0.6 is 18.9 Å². The molecule has 0 aromatic heterocycles. The van der Waals surface area contributed by atoms with Crippen LogP contribution in [0.25, 0.3) is 0 Å². The summed E-state index contributed by atoms with van der Waals surface area (Å²) in [6.45, 7) is 2.31. The lowest BCUT2D eigenvalue weighted by molar-refractivity contribution is -0.148. The summed E-state index contributed by atoms with van der Waals surface area (Å²) in [5.41, 5.74) is 0. The van der Waals surface area contributed by atoms with Crippen LogP contribution in [0.15, 0.2) is 12.2 Å². The first-order valence-electron chi connectivity index (χ1n) is 11.4. The minimum Gasteiger partial charge on any atom is -0.463 e. The SMILES string of the molecule is CCCCCCCC/C=C\CCCCCCCC(=O)OC[C@H](CO[P+](=O)SO)OC. The maximum absolute atomic E-state index is 11.8. The summed E-state index contributed by atoms with van der Waals surface area (Å²) in [5.74, 6) is -0.254. The average Bonchev–Trinajstić information content (AvgIpc) is 2.76. The van der Waals surface area contributed by atoms with Gasteiger partial charge in [0.2, 0.25) is 0 Å². The lowest BCUT2D eigenvalue weighted by Gasteiger charge is -2.12. The van der Waals surface area contributed by atoms with Gasteiger partial charge < -0.3 is 9.47 Å². The molecule has 176 valence electrons. The molecule has 0 heterocycles. The van der Waals surface area contributed by atoms with Crippen LogP contribution < -0.4 is 0 Å². The molecule has 0 aromatic carbocycles. The quantitative estimate of drug-likeness (QED) is 0.0584. The van der Waals surface area contributed by atoms with Crippen LogP contribution in [0.3, 0.4) is 0 Å². The summed E-state index contributed by atoms with van der Waals surface area (Å²) in [6, 6.07) is 0. The molecule has 0 bridgehead atoms. The largest absolute Gasteiger partial charge is 0.616 e. The smallest absolute Gasteiger partial charge is 0.463 e. The molecule has 0 fully saturated rings. The molecule has 0 saturated heterocycles. The Morgan fingerprint density at radius 2 is 1.50 bits per heavy atom. The van der Waals surface area contributed by atoms with Crippen LogP contribution in [0, 0.1) is 0 Å². The number of unbranched alkanes of at least 4 members (excludes halogenated alkanes) is 11. The van der Waals surface area contributed by atoms with Crippen molar-refractivity contribution < 1.29 is 27.9 Å². The van der Waals surface area contributed by atoms with Gasteiger partial charge in [0, 0.05) is 13.5 Å². The normalized spacial score (nSPS) is 13.0. The van der Waals surface area contributed by atoms with Crippen molar-refractivity contribution in [3.05, 3.63) is 12.2 Å². The predicted octanol–water partition coefficient (Wildman–Crippen LogP) is 7.46. The van der Waals surface area contributed by atoms with Crippen molar-refractivity contribution in [2.75, 3.05) is 20.3 Å². The van der Waals surface area contributed by atoms with E-state index < -0.39 is 13.3 Å². The first-order valence-corrected chi connectivity index (χ1v) is 13.9. The highest BCUT2D eigenvalue weighted by Gasteiger charge is 2.23. The first-order chi connectivity index (χ1) is 14.6. The number of allylic oxidation sites excluding steroid dienone is 2. The molecular weight excluding hydrogens is 423 g/mol. The summed E-state index contributed by atoms with van der Waals surface area (Å²) in [6.07, 6.45) is 20.4. The van der Waals surface area contributed by atoms with Gasteiger partial charge in [-0.05, 0) is 36.7 Å². The summed E-state index contributed by atoms with van der Waals surface area (Å²) >= 11 is 0.149. The summed E-state index contributed by atoms with van der Waals surface area (Å²) in [4.78, 5) is 11.8. The number of hydrogen-bond donors (Lipinski definition) is 1. The van der Waals surface area contributed by atoms with E-state index in [4.69, 9.17) is 18.6 Å². The van der Waals surface area contributed by atoms with Gasteiger partial charge in [0.1, 0.15) is 19.3 Å². The third kappa shape index (κ3) is 20.8. The molecule has 0 saturated carbocycles. The van der Waals surface area contributed by atoms with Crippen molar-refractivity contribution in [3.63, 3.8) is 0 Å². The first kappa shape index (κ1) is 29.5. The number of rotatable bonds is 22. The molecule has 0 rings (SSSR count). The third-order valence-corrected chi connectivity index (χ3v) is 6.05. The molecule has 30 heavy (non-hydrogen) atoms. The van der Waals surface area contributed by atoms with Crippen molar-refractivity contribution in [2.24, 2.45) is 0 Å². The molecule has 8 heteroatoms. The fourth-order valence-corrected chi connectivity index (χ4v) is 3.61. The highest BCUT2D eigenvalue weighted by molar-refractivity contribution is 8.47. The minimum absolute atomic E-state index is 0.0000509. The van der Waals surface area contributed by atoms with E-state index in [0.29, 0.717) is 6.42 Å². The van der Waals surface area contributed by atoms with Crippen LogP contribution in [0.5, 0.6) is 0 Å². The second kappa shape index (κ2) is 23.2. The Labute approximate surface area is 188 Å². The van der Waals surface area contributed by atoms with Crippen molar-refractivity contribution in [3.8, 4) is 0 Å². The van der Waals surface area contributed by atoms with Crippen LogP contribution in [-0.2, 0) is 23.4 Å². The molecule has 2 atom stereocenters. The van der Waals surface area contributed by atoms with E-state index >= 15 is 0 Å². The van der Waals surface area contributed by atoms with Crippen LogP contribution in [0.1, 0.15) is 96.8 Å². The molecule has 1 N–H and O–H groups in total. The number of methoxy groups -OCH3 is 1. The Hall–Kier alpha value is -0.460. The molecule has 0 aliphatic heterocycles. The Balaban J connectivity index is 3.45. The monoisotopic (exact) mass is 465 g/mol. The van der Waals surface area contributed by atoms with E-state index in [2.05, 4.69) is 19.1 Å². The van der Waals surface area contributed by atoms with E-state index in [-0.39, 0.29) is 30.8 Å². The highest BCUT2D eigenvalue weighted by atomic mass is 32.7. The lowest BCUT2D eigenvalue weighted by atomic mass is 10.1. The van der Waals surface area contributed by atoms with Crippen molar-refractivity contribution in [1.29, 1.82) is 0 Å². The van der Waals surface area contributed by atoms with E-state index in [1.165, 1.54) is 64.9 Å². The maximum Gasteiger partial charge on any atom is 0.616 e. The van der Waals surface area contributed by atoms with Gasteiger partial charge >= 0.3 is 24.9 Å². The van der Waals surface area contributed by atoms with Crippen LogP contribution in [0.2, 0.25) is 0 Å². The number of esters is 1. The third-order valence-electron chi connectivity index (χ3n) is 4.84. The van der Waals surface area contributed by atoms with Gasteiger partial charge in [-0.25, -0.2) is 0 Å². The van der Waals surface area contributed by atoms with Gasteiger partial charge in [-0.15, -0.1) is 4.52 Å². The fourth-order valence-electron chi connectivity index (χ4n) is 2.95. The molecular formula is C22H42O6PS+. The Kier molecular flexibility index (Phi) is 22.9. The van der Waals surface area contributed by atoms with Crippen molar-refractivity contribution in [1.82, 2.24) is 0 Å². The topological polar surface area (TPSA) is 82.1 Å². The van der Waals surface area contributed by atoms with E-state index in [0.717, 1.165) is 25.7 Å². The Bertz CT molecular complexity index is 447. The predicted molar refractivity (Wildman–Crippen MR) is 125 cm³/mol. The molecule has 6 nitrogen and oxygen atoms in total. The van der Waals surface area contributed by atoms with Gasteiger partial charge in [0.25, 0.3) is 0 Å². The number of carbonyl (C=O) groups excluding carboxylic acids is 1. The minimum atomic E-state index is -2.17. The average molecular weight is 466 g/mol. The van der Waals surface area contributed by atoms with E-state index in [1.54, 1.807) is 0 Å². The summed E-state index contributed by atoms with van der Waals surface area (Å²) < 4.78 is 34.7. The second-order valence-electron chi connectivity index (χ2n) is 7.48. The molecule has 0 radical (unpaired) electrons. The zero-order valence-corrected chi connectivity index (χ0v) is 20.6. The highest BCUT2D eigenvalue weighted by Crippen LogP contribution is 2.35. The van der Waals surface area contributed by atoms with Gasteiger partial charge in [-0.3, -0.25) is 9.35 Å². The fraction of sp³-hybridized carbons (Fsp3) is 0.864. The molecule has 0 aromatic rings. The van der Waals surface area contributed by atoms with Gasteiger partial charge in [-0.2, -0.15) is 0 Å². The van der Waals surface area contributed by atoms with Crippen molar-refractivity contribution >= 4 is 24.9 Å². The van der Waals surface area contributed by atoms with E-state index in [9.17, 15) is 9.36 Å². The zero-order valence-electron chi connectivity index (χ0n) is 18.9. The molecule has 1 unspecified atom stereocenters. The van der Waals surface area contributed by atoms with Crippen LogP contribution in [-0.4, -0.2) is 36.9 Å². The summed E-state index contributed by atoms with van der Waals surface area (Å²) in [7, 11) is -0.708. The Morgan fingerprint density at radius 1 is 0.933 bits per heavy atom. The van der Waals surface area contributed by atoms with Gasteiger partial charge in [-0.1, -0.05) is 70.4 Å². The maximum atomic E-state index is 11.8. The van der Waals surface area contributed by atoms with Crippen LogP contribution in [0.4, 0.5) is 0 Å². The van der Waals surface area contributed by atoms with Gasteiger partial charge in [0.15, 0.2) is 0 Å². The molecule has 0 aliphatic carbocycles. The standard InChI is InChI=1S/C22H41O6PS/c1-3-4-5-6-7-8-9-10-11-12-13-14-15-16-17-18-22(23)27-19-21(26-2)20-28-29(24)30-25/h10-11,21H,3-9,12-20H2,1-2H3/p+1/b11-10-/t21-/m1/s1. The van der Waals surface area contributed by atoms with Crippen molar-refractivity contribution in [2.45, 2.75) is 103 Å². The number of ether oxygens (including phenoxy) is 2. The summed E-state index contributed by atoms with van der Waals surface area (Å²) in [5, 5.41) is 0. The number of hydrogen-bond acceptors (Lipinski definition) is 7. The zero-order chi connectivity index (χ0) is 22.3.